The number of carboxylic acid groups (broad SMARTS) is 2. The van der Waals surface area contributed by atoms with E-state index in [1.54, 1.807) is 0 Å². The van der Waals surface area contributed by atoms with Crippen molar-refractivity contribution in [1.82, 2.24) is 16.0 Å². The number of rotatable bonds is 13. The fourth-order valence-corrected chi connectivity index (χ4v) is 2.63. The van der Waals surface area contributed by atoms with Crippen LogP contribution in [0.15, 0.2) is 0 Å². The van der Waals surface area contributed by atoms with Crippen molar-refractivity contribution in [3.63, 3.8) is 0 Å². The van der Waals surface area contributed by atoms with Gasteiger partial charge in [0.15, 0.2) is 0 Å². The van der Waals surface area contributed by atoms with Gasteiger partial charge in [0.1, 0.15) is 18.1 Å². The van der Waals surface area contributed by atoms with Crippen LogP contribution >= 0.6 is 0 Å². The number of nitrogens with one attached hydrogen (secondary N) is 3. The summed E-state index contributed by atoms with van der Waals surface area (Å²) in [7, 11) is 0. The van der Waals surface area contributed by atoms with Crippen LogP contribution in [0.4, 0.5) is 0 Å². The quantitative estimate of drug-likeness (QED) is 0.224. The van der Waals surface area contributed by atoms with Crippen molar-refractivity contribution in [2.24, 2.45) is 17.6 Å². The molecule has 0 aliphatic rings. The maximum atomic E-state index is 12.7. The van der Waals surface area contributed by atoms with Crippen molar-refractivity contribution in [3.05, 3.63) is 0 Å². The Bertz CT molecular complexity index is 634. The average molecular weight is 431 g/mol. The molecule has 0 heterocycles. The van der Waals surface area contributed by atoms with Crippen LogP contribution in [0.3, 0.4) is 0 Å². The first-order valence-corrected chi connectivity index (χ1v) is 9.85. The number of hydrogen-bond donors (Lipinski definition) is 6. The Hall–Kier alpha value is -2.69. The van der Waals surface area contributed by atoms with E-state index in [-0.39, 0.29) is 24.7 Å². The van der Waals surface area contributed by atoms with E-state index in [9.17, 15) is 29.1 Å². The van der Waals surface area contributed by atoms with Gasteiger partial charge in [-0.05, 0) is 31.6 Å². The molecule has 0 aromatic rings. The van der Waals surface area contributed by atoms with E-state index in [0.29, 0.717) is 0 Å². The number of carboxylic acids is 2. The van der Waals surface area contributed by atoms with Gasteiger partial charge >= 0.3 is 11.9 Å². The number of carbonyl (C=O) groups is 5. The molecule has 0 rings (SSSR count). The summed E-state index contributed by atoms with van der Waals surface area (Å²) in [6, 6.07) is -4.63. The number of hydrogen-bond acceptors (Lipinski definition) is 6. The Labute approximate surface area is 176 Å². The van der Waals surface area contributed by atoms with Crippen LogP contribution in [0, 0.1) is 11.8 Å². The molecule has 0 saturated carbocycles. The van der Waals surface area contributed by atoms with Gasteiger partial charge < -0.3 is 31.9 Å². The molecule has 4 atom stereocenters. The Kier molecular flexibility index (Phi) is 11.6. The van der Waals surface area contributed by atoms with Gasteiger partial charge in [-0.25, -0.2) is 4.79 Å². The summed E-state index contributed by atoms with van der Waals surface area (Å²) in [6.45, 7) is 8.62. The lowest BCUT2D eigenvalue weighted by molar-refractivity contribution is -0.143. The molecular formula is C19H34N4O7. The minimum Gasteiger partial charge on any atom is -0.481 e. The van der Waals surface area contributed by atoms with Crippen molar-refractivity contribution in [2.45, 2.75) is 78.0 Å². The highest BCUT2D eigenvalue weighted by Gasteiger charge is 2.31. The van der Waals surface area contributed by atoms with Crippen LogP contribution in [-0.4, -0.2) is 64.0 Å². The second-order valence-corrected chi connectivity index (χ2v) is 8.17. The highest BCUT2D eigenvalue weighted by atomic mass is 16.4. The summed E-state index contributed by atoms with van der Waals surface area (Å²) < 4.78 is 0. The minimum absolute atomic E-state index is 0.0120. The van der Waals surface area contributed by atoms with Gasteiger partial charge in [0, 0.05) is 0 Å². The Morgan fingerprint density at radius 2 is 1.10 bits per heavy atom. The second-order valence-electron chi connectivity index (χ2n) is 8.17. The summed E-state index contributed by atoms with van der Waals surface area (Å²) in [5.74, 6) is -4.83. The first-order valence-electron chi connectivity index (χ1n) is 9.85. The smallest absolute Gasteiger partial charge is 0.326 e. The van der Waals surface area contributed by atoms with E-state index >= 15 is 0 Å². The molecule has 172 valence electrons. The molecule has 3 amide bonds. The molecule has 0 fully saturated rings. The predicted octanol–water partition coefficient (Wildman–Crippen LogP) is -0.560. The largest absolute Gasteiger partial charge is 0.481 e. The zero-order chi connectivity index (χ0) is 23.6. The van der Waals surface area contributed by atoms with E-state index in [1.165, 1.54) is 6.92 Å². The first kappa shape index (κ1) is 27.3. The lowest BCUT2D eigenvalue weighted by atomic mass is 10.00. The Morgan fingerprint density at radius 3 is 1.50 bits per heavy atom. The Morgan fingerprint density at radius 1 is 0.700 bits per heavy atom. The lowest BCUT2D eigenvalue weighted by Crippen LogP contribution is -2.57. The third kappa shape index (κ3) is 10.7. The van der Waals surface area contributed by atoms with Gasteiger partial charge in [0.2, 0.25) is 17.7 Å². The van der Waals surface area contributed by atoms with Crippen LogP contribution < -0.4 is 21.7 Å². The van der Waals surface area contributed by atoms with Crippen LogP contribution in [0.2, 0.25) is 0 Å². The minimum atomic E-state index is -1.44. The molecule has 11 heteroatoms. The molecule has 7 N–H and O–H groups in total. The summed E-state index contributed by atoms with van der Waals surface area (Å²) in [5, 5.41) is 25.5. The van der Waals surface area contributed by atoms with Crippen molar-refractivity contribution in [1.29, 1.82) is 0 Å². The fraction of sp³-hybridized carbons (Fsp3) is 0.737. The predicted molar refractivity (Wildman–Crippen MR) is 108 cm³/mol. The number of carbonyl (C=O) groups excluding carboxylic acids is 3. The zero-order valence-corrected chi connectivity index (χ0v) is 18.1. The number of amides is 3. The fourth-order valence-electron chi connectivity index (χ4n) is 2.63. The van der Waals surface area contributed by atoms with Crippen molar-refractivity contribution < 1.29 is 34.2 Å². The number of aliphatic carboxylic acids is 2. The van der Waals surface area contributed by atoms with Crippen molar-refractivity contribution in [2.75, 3.05) is 0 Å². The van der Waals surface area contributed by atoms with Gasteiger partial charge in [-0.3, -0.25) is 19.2 Å². The highest BCUT2D eigenvalue weighted by Crippen LogP contribution is 2.09. The third-order valence-corrected chi connectivity index (χ3v) is 4.09. The molecule has 0 aliphatic carbocycles. The third-order valence-electron chi connectivity index (χ3n) is 4.09. The van der Waals surface area contributed by atoms with Crippen LogP contribution in [0.5, 0.6) is 0 Å². The van der Waals surface area contributed by atoms with E-state index in [1.807, 2.05) is 27.7 Å². The van der Waals surface area contributed by atoms with Crippen LogP contribution in [0.25, 0.3) is 0 Å². The highest BCUT2D eigenvalue weighted by molar-refractivity contribution is 5.95. The normalized spacial score (nSPS) is 15.1. The monoisotopic (exact) mass is 430 g/mol. The molecule has 30 heavy (non-hydrogen) atoms. The van der Waals surface area contributed by atoms with E-state index in [0.717, 1.165) is 0 Å². The lowest BCUT2D eigenvalue weighted by Gasteiger charge is -2.25. The SMILES string of the molecule is CC(C)CC(NC(=O)C(CC(C)C)NC(=O)C(CC(=O)O)NC(=O)C(C)N)C(=O)O. The molecule has 0 bridgehead atoms. The molecule has 0 saturated heterocycles. The van der Waals surface area contributed by atoms with Gasteiger partial charge in [0.25, 0.3) is 0 Å². The molecule has 0 aromatic carbocycles. The molecule has 0 aliphatic heterocycles. The molecule has 11 nitrogen and oxygen atoms in total. The van der Waals surface area contributed by atoms with Gasteiger partial charge in [-0.1, -0.05) is 27.7 Å². The zero-order valence-electron chi connectivity index (χ0n) is 18.1. The number of nitrogens with two attached hydrogens (primary N) is 1. The van der Waals surface area contributed by atoms with Gasteiger partial charge in [-0.15, -0.1) is 0 Å². The summed E-state index contributed by atoms with van der Waals surface area (Å²) in [5.41, 5.74) is 5.44. The first-order chi connectivity index (χ1) is 13.7. The van der Waals surface area contributed by atoms with Crippen LogP contribution in [-0.2, 0) is 24.0 Å². The summed E-state index contributed by atoms with van der Waals surface area (Å²) in [6.07, 6.45) is -0.312. The van der Waals surface area contributed by atoms with Gasteiger partial charge in [0.05, 0.1) is 12.5 Å². The van der Waals surface area contributed by atoms with Crippen molar-refractivity contribution >= 4 is 29.7 Å². The second kappa shape index (κ2) is 12.8. The van der Waals surface area contributed by atoms with E-state index in [2.05, 4.69) is 16.0 Å². The van der Waals surface area contributed by atoms with E-state index < -0.39 is 60.2 Å². The molecule has 4 unspecified atom stereocenters. The van der Waals surface area contributed by atoms with E-state index in [4.69, 9.17) is 10.8 Å². The van der Waals surface area contributed by atoms with Gasteiger partial charge in [-0.2, -0.15) is 0 Å². The standard InChI is InChI=1S/C19H34N4O7/c1-9(2)6-12(17(27)23-14(19(29)30)7-10(3)4)22-18(28)13(8-15(24)25)21-16(26)11(5)20/h9-14H,6-8,20H2,1-5H3,(H,21,26)(H,22,28)(H,23,27)(H,24,25)(H,29,30). The Balaban J connectivity index is 5.45. The summed E-state index contributed by atoms with van der Waals surface area (Å²) in [4.78, 5) is 59.6. The average Bonchev–Trinajstić information content (AvgIpc) is 2.58. The molecule has 0 radical (unpaired) electrons. The van der Waals surface area contributed by atoms with Crippen molar-refractivity contribution in [3.8, 4) is 0 Å². The molecule has 0 spiro atoms. The summed E-state index contributed by atoms with van der Waals surface area (Å²) >= 11 is 0. The molecule has 0 aromatic heterocycles. The topological polar surface area (TPSA) is 188 Å². The maximum absolute atomic E-state index is 12.7. The maximum Gasteiger partial charge on any atom is 0.326 e. The van der Waals surface area contributed by atoms with Crippen LogP contribution in [0.1, 0.15) is 53.9 Å². The molecular weight excluding hydrogens is 396 g/mol.